The van der Waals surface area contributed by atoms with Crippen LogP contribution < -0.4 is 0 Å². The lowest BCUT2D eigenvalue weighted by Crippen LogP contribution is -2.41. The van der Waals surface area contributed by atoms with Gasteiger partial charge in [-0.25, -0.2) is 0 Å². The summed E-state index contributed by atoms with van der Waals surface area (Å²) in [6.45, 7) is 1.80. The first-order valence-corrected chi connectivity index (χ1v) is 8.03. The summed E-state index contributed by atoms with van der Waals surface area (Å²) in [6.07, 6.45) is 4.83. The number of hydrogen-bond donors (Lipinski definition) is 0. The summed E-state index contributed by atoms with van der Waals surface area (Å²) in [6, 6.07) is 3.76. The quantitative estimate of drug-likeness (QED) is 0.860. The van der Waals surface area contributed by atoms with E-state index in [1.54, 1.807) is 19.4 Å². The maximum Gasteiger partial charge on any atom is 0.276 e. The number of hydrogen-bond acceptors (Lipinski definition) is 5. The van der Waals surface area contributed by atoms with Crippen molar-refractivity contribution >= 4 is 5.91 Å². The van der Waals surface area contributed by atoms with Crippen LogP contribution in [0.2, 0.25) is 0 Å². The average molecular weight is 316 g/mol. The van der Waals surface area contributed by atoms with Gasteiger partial charge in [0.05, 0.1) is 24.9 Å². The van der Waals surface area contributed by atoms with Crippen LogP contribution in [0.3, 0.4) is 0 Å². The van der Waals surface area contributed by atoms with Crippen LogP contribution in [0.15, 0.2) is 22.9 Å². The first-order chi connectivity index (χ1) is 11.3. The van der Waals surface area contributed by atoms with Crippen LogP contribution >= 0.6 is 0 Å². The second-order valence-corrected chi connectivity index (χ2v) is 6.27. The molecule has 1 saturated carbocycles. The minimum Gasteiger partial charge on any atom is -0.383 e. The highest BCUT2D eigenvalue weighted by atomic mass is 16.5. The standard InChI is InChI=1S/C16H20N4O3/c1-22-10-13-5-7-20-12(4-6-17-20)9-19(13)16(21)14-8-15(23-18-14)11-2-3-11/h4,6,8,11,13H,2-3,5,7,9-10H2,1H3. The van der Waals surface area contributed by atoms with Crippen LogP contribution in [0.4, 0.5) is 0 Å². The molecule has 2 aromatic rings. The fraction of sp³-hybridized carbons (Fsp3) is 0.562. The molecule has 1 aliphatic carbocycles. The van der Waals surface area contributed by atoms with Crippen molar-refractivity contribution in [2.24, 2.45) is 0 Å². The summed E-state index contributed by atoms with van der Waals surface area (Å²) in [4.78, 5) is 14.8. The van der Waals surface area contributed by atoms with E-state index in [-0.39, 0.29) is 11.9 Å². The van der Waals surface area contributed by atoms with E-state index in [0.717, 1.165) is 37.3 Å². The molecule has 122 valence electrons. The molecule has 1 aliphatic heterocycles. The number of ether oxygens (including phenoxy) is 1. The Labute approximate surface area is 134 Å². The zero-order chi connectivity index (χ0) is 15.8. The Balaban J connectivity index is 1.60. The Morgan fingerprint density at radius 3 is 3.09 bits per heavy atom. The summed E-state index contributed by atoms with van der Waals surface area (Å²) in [5, 5.41) is 8.31. The highest BCUT2D eigenvalue weighted by molar-refractivity contribution is 5.92. The first kappa shape index (κ1) is 14.4. The molecule has 0 spiro atoms. The number of aromatic nitrogens is 3. The van der Waals surface area contributed by atoms with Crippen molar-refractivity contribution in [3.8, 4) is 0 Å². The van der Waals surface area contributed by atoms with Gasteiger partial charge in [0, 0.05) is 31.8 Å². The SMILES string of the molecule is COCC1CCn2nccc2CN1C(=O)c1cc(C2CC2)on1. The Morgan fingerprint density at radius 1 is 1.43 bits per heavy atom. The minimum atomic E-state index is -0.0997. The molecule has 7 nitrogen and oxygen atoms in total. The molecule has 1 unspecified atom stereocenters. The van der Waals surface area contributed by atoms with Gasteiger partial charge in [0.1, 0.15) is 5.76 Å². The predicted molar refractivity (Wildman–Crippen MR) is 80.9 cm³/mol. The molecule has 4 rings (SSSR count). The third-order valence-electron chi connectivity index (χ3n) is 4.60. The second kappa shape index (κ2) is 5.81. The second-order valence-electron chi connectivity index (χ2n) is 6.27. The molecular weight excluding hydrogens is 296 g/mol. The smallest absolute Gasteiger partial charge is 0.276 e. The summed E-state index contributed by atoms with van der Waals surface area (Å²) >= 11 is 0. The number of amides is 1. The van der Waals surface area contributed by atoms with E-state index in [9.17, 15) is 4.79 Å². The lowest BCUT2D eigenvalue weighted by Gasteiger charge is -2.28. The maximum absolute atomic E-state index is 12.9. The van der Waals surface area contributed by atoms with Crippen molar-refractivity contribution in [1.82, 2.24) is 19.8 Å². The van der Waals surface area contributed by atoms with E-state index in [1.165, 1.54) is 0 Å². The van der Waals surface area contributed by atoms with Crippen molar-refractivity contribution in [2.45, 2.75) is 44.3 Å². The molecule has 0 aromatic carbocycles. The highest BCUT2D eigenvalue weighted by Crippen LogP contribution is 2.40. The molecule has 1 amide bonds. The van der Waals surface area contributed by atoms with Crippen LogP contribution in [-0.4, -0.2) is 45.5 Å². The maximum atomic E-state index is 12.9. The molecule has 1 fully saturated rings. The van der Waals surface area contributed by atoms with Gasteiger partial charge in [-0.2, -0.15) is 5.10 Å². The van der Waals surface area contributed by atoms with Crippen molar-refractivity contribution < 1.29 is 14.1 Å². The number of nitrogens with zero attached hydrogens (tertiary/aromatic N) is 4. The third kappa shape index (κ3) is 2.76. The Hall–Kier alpha value is -2.15. The average Bonchev–Trinajstić information content (AvgIpc) is 3.17. The van der Waals surface area contributed by atoms with Gasteiger partial charge in [0.25, 0.3) is 5.91 Å². The number of carbonyl (C=O) groups is 1. The van der Waals surface area contributed by atoms with Crippen LogP contribution in [0, 0.1) is 0 Å². The Bertz CT molecular complexity index is 704. The number of carbonyl (C=O) groups excluding carboxylic acids is 1. The Morgan fingerprint density at radius 2 is 2.30 bits per heavy atom. The van der Waals surface area contributed by atoms with E-state index in [0.29, 0.717) is 24.8 Å². The Kier molecular flexibility index (Phi) is 3.65. The largest absolute Gasteiger partial charge is 0.383 e. The third-order valence-corrected chi connectivity index (χ3v) is 4.60. The van der Waals surface area contributed by atoms with E-state index in [4.69, 9.17) is 9.26 Å². The summed E-state index contributed by atoms with van der Waals surface area (Å²) in [7, 11) is 1.66. The number of aryl methyl sites for hydroxylation is 1. The van der Waals surface area contributed by atoms with Crippen molar-refractivity contribution in [2.75, 3.05) is 13.7 Å². The number of rotatable bonds is 4. The molecular formula is C16H20N4O3. The molecule has 2 aromatic heterocycles. The topological polar surface area (TPSA) is 73.4 Å². The minimum absolute atomic E-state index is 0.00951. The highest BCUT2D eigenvalue weighted by Gasteiger charge is 2.33. The molecule has 2 aliphatic rings. The van der Waals surface area contributed by atoms with Gasteiger partial charge < -0.3 is 14.2 Å². The molecule has 0 N–H and O–H groups in total. The molecule has 3 heterocycles. The van der Waals surface area contributed by atoms with Crippen LogP contribution in [0.1, 0.15) is 47.1 Å². The molecule has 0 bridgehead atoms. The normalized spacial score (nSPS) is 21.1. The van der Waals surface area contributed by atoms with Gasteiger partial charge in [0.2, 0.25) is 0 Å². The monoisotopic (exact) mass is 316 g/mol. The van der Waals surface area contributed by atoms with E-state index in [2.05, 4.69) is 10.3 Å². The van der Waals surface area contributed by atoms with Gasteiger partial charge in [-0.05, 0) is 25.3 Å². The van der Waals surface area contributed by atoms with E-state index >= 15 is 0 Å². The van der Waals surface area contributed by atoms with Gasteiger partial charge >= 0.3 is 0 Å². The van der Waals surface area contributed by atoms with Crippen molar-refractivity contribution in [1.29, 1.82) is 0 Å². The molecule has 0 saturated heterocycles. The van der Waals surface area contributed by atoms with Crippen LogP contribution in [0.5, 0.6) is 0 Å². The van der Waals surface area contributed by atoms with E-state index < -0.39 is 0 Å². The predicted octanol–water partition coefficient (Wildman–Crippen LogP) is 1.81. The molecule has 0 radical (unpaired) electrons. The molecule has 1 atom stereocenters. The lowest BCUT2D eigenvalue weighted by molar-refractivity contribution is 0.0493. The summed E-state index contributed by atoms with van der Waals surface area (Å²) in [5.41, 5.74) is 1.42. The van der Waals surface area contributed by atoms with E-state index in [1.807, 2.05) is 15.6 Å². The van der Waals surface area contributed by atoms with Crippen molar-refractivity contribution in [3.63, 3.8) is 0 Å². The van der Waals surface area contributed by atoms with Crippen molar-refractivity contribution in [3.05, 3.63) is 35.5 Å². The van der Waals surface area contributed by atoms with Gasteiger partial charge in [-0.1, -0.05) is 5.16 Å². The van der Waals surface area contributed by atoms with Crippen LogP contribution in [-0.2, 0) is 17.8 Å². The fourth-order valence-corrected chi connectivity index (χ4v) is 3.13. The van der Waals surface area contributed by atoms with Gasteiger partial charge in [-0.15, -0.1) is 0 Å². The van der Waals surface area contributed by atoms with Gasteiger partial charge in [-0.3, -0.25) is 9.48 Å². The lowest BCUT2D eigenvalue weighted by atomic mass is 10.1. The zero-order valence-corrected chi connectivity index (χ0v) is 13.1. The zero-order valence-electron chi connectivity index (χ0n) is 13.1. The molecule has 23 heavy (non-hydrogen) atoms. The summed E-state index contributed by atoms with van der Waals surface area (Å²) in [5.74, 6) is 1.18. The number of fused-ring (bicyclic) bond motifs is 1. The molecule has 7 heteroatoms. The van der Waals surface area contributed by atoms with Crippen LogP contribution in [0.25, 0.3) is 0 Å². The van der Waals surface area contributed by atoms with Gasteiger partial charge in [0.15, 0.2) is 5.69 Å². The first-order valence-electron chi connectivity index (χ1n) is 8.03. The number of methoxy groups -OCH3 is 1. The summed E-state index contributed by atoms with van der Waals surface area (Å²) < 4.78 is 12.6. The fourth-order valence-electron chi connectivity index (χ4n) is 3.13.